The van der Waals surface area contributed by atoms with E-state index in [1.54, 1.807) is 30.6 Å². The minimum absolute atomic E-state index is 0.157. The van der Waals surface area contributed by atoms with E-state index in [-0.39, 0.29) is 18.0 Å². The Morgan fingerprint density at radius 3 is 2.82 bits per heavy atom. The van der Waals surface area contributed by atoms with Gasteiger partial charge in [0, 0.05) is 28.7 Å². The number of halogens is 1. The molecule has 28 heavy (non-hydrogen) atoms. The molecule has 0 radical (unpaired) electrons. The lowest BCUT2D eigenvalue weighted by molar-refractivity contribution is -0.116. The van der Waals surface area contributed by atoms with Gasteiger partial charge >= 0.3 is 0 Å². The fourth-order valence-corrected chi connectivity index (χ4v) is 3.74. The van der Waals surface area contributed by atoms with Gasteiger partial charge in [0.15, 0.2) is 0 Å². The molecule has 4 aromatic rings. The molecular formula is C19H14ClN5O2S. The molecular weight excluding hydrogens is 398 g/mol. The number of amides is 1. The second-order valence-corrected chi connectivity index (χ2v) is 7.26. The zero-order chi connectivity index (χ0) is 19.7. The third kappa shape index (κ3) is 3.39. The smallest absolute Gasteiger partial charge is 0.273 e. The number of hydrogen-bond donors (Lipinski definition) is 1. The Morgan fingerprint density at radius 2 is 2.04 bits per heavy atom. The number of anilines is 1. The highest BCUT2D eigenvalue weighted by Gasteiger charge is 2.16. The molecule has 0 saturated carbocycles. The second-order valence-electron chi connectivity index (χ2n) is 6.08. The first-order chi connectivity index (χ1) is 13.5. The van der Waals surface area contributed by atoms with Crippen LogP contribution in [0.2, 0.25) is 5.02 Å². The van der Waals surface area contributed by atoms with Gasteiger partial charge in [-0.3, -0.25) is 19.1 Å². The normalized spacial score (nSPS) is 10.9. The zero-order valence-corrected chi connectivity index (χ0v) is 16.3. The van der Waals surface area contributed by atoms with E-state index >= 15 is 0 Å². The highest BCUT2D eigenvalue weighted by atomic mass is 35.5. The summed E-state index contributed by atoms with van der Waals surface area (Å²) in [5, 5.41) is 3.34. The quantitative estimate of drug-likeness (QED) is 0.555. The van der Waals surface area contributed by atoms with Gasteiger partial charge in [0.1, 0.15) is 22.5 Å². The number of carbonyl (C=O) groups is 1. The summed E-state index contributed by atoms with van der Waals surface area (Å²) in [4.78, 5) is 33.5. The van der Waals surface area contributed by atoms with Crippen molar-refractivity contribution in [2.24, 2.45) is 0 Å². The fourth-order valence-electron chi connectivity index (χ4n) is 2.75. The zero-order valence-electron chi connectivity index (χ0n) is 14.7. The molecule has 1 amide bonds. The largest absolute Gasteiger partial charge is 0.324 e. The lowest BCUT2D eigenvalue weighted by Crippen LogP contribution is -2.27. The SMILES string of the molecule is Cc1c(Cl)cccc1NC(=O)Cn1cnc2c(-c3ccncc3)nsc2c1=O. The number of carbonyl (C=O) groups excluding carboxylic acids is 1. The van der Waals surface area contributed by atoms with Gasteiger partial charge in [0.25, 0.3) is 5.56 Å². The molecule has 0 unspecified atom stereocenters. The molecule has 0 aliphatic heterocycles. The van der Waals surface area contributed by atoms with Crippen LogP contribution in [0.5, 0.6) is 0 Å². The van der Waals surface area contributed by atoms with E-state index in [9.17, 15) is 9.59 Å². The van der Waals surface area contributed by atoms with Gasteiger partial charge in [-0.05, 0) is 48.3 Å². The molecule has 140 valence electrons. The summed E-state index contributed by atoms with van der Waals surface area (Å²) in [7, 11) is 0. The molecule has 9 heteroatoms. The number of pyridine rings is 1. The summed E-state index contributed by atoms with van der Waals surface area (Å²) in [6, 6.07) is 8.88. The van der Waals surface area contributed by atoms with Crippen LogP contribution in [0.3, 0.4) is 0 Å². The number of nitrogens with zero attached hydrogens (tertiary/aromatic N) is 4. The van der Waals surface area contributed by atoms with Crippen LogP contribution in [0.25, 0.3) is 21.5 Å². The van der Waals surface area contributed by atoms with Gasteiger partial charge in [-0.25, -0.2) is 4.98 Å². The molecule has 1 aromatic carbocycles. The van der Waals surface area contributed by atoms with E-state index in [0.717, 1.165) is 22.7 Å². The molecule has 0 atom stereocenters. The Bertz CT molecular complexity index is 1240. The molecule has 1 N–H and O–H groups in total. The number of nitrogens with one attached hydrogen (secondary N) is 1. The summed E-state index contributed by atoms with van der Waals surface area (Å²) in [6.45, 7) is 1.66. The van der Waals surface area contributed by atoms with Crippen LogP contribution in [0, 0.1) is 6.92 Å². The average molecular weight is 412 g/mol. The predicted octanol–water partition coefficient (Wildman–Crippen LogP) is 3.52. The molecule has 3 aromatic heterocycles. The summed E-state index contributed by atoms with van der Waals surface area (Å²) < 4.78 is 6.03. The Morgan fingerprint density at radius 1 is 1.25 bits per heavy atom. The standard InChI is InChI=1S/C19H14ClN5O2S/c1-11-13(20)3-2-4-14(11)23-15(26)9-25-10-22-17-16(12-5-7-21-8-6-12)24-28-18(17)19(25)27/h2-8,10H,9H2,1H3,(H,23,26). The first-order valence-corrected chi connectivity index (χ1v) is 9.50. The maximum absolute atomic E-state index is 12.8. The molecule has 0 bridgehead atoms. The molecule has 0 fully saturated rings. The van der Waals surface area contributed by atoms with Crippen molar-refractivity contribution in [3.8, 4) is 11.3 Å². The first kappa shape index (κ1) is 18.3. The average Bonchev–Trinajstić information content (AvgIpc) is 3.13. The minimum Gasteiger partial charge on any atom is -0.324 e. The van der Waals surface area contributed by atoms with Gasteiger partial charge in [-0.1, -0.05) is 17.7 Å². The van der Waals surface area contributed by atoms with Gasteiger partial charge in [-0.15, -0.1) is 0 Å². The lowest BCUT2D eigenvalue weighted by Gasteiger charge is -2.10. The van der Waals surface area contributed by atoms with Crippen LogP contribution >= 0.6 is 23.1 Å². The molecule has 4 rings (SSSR count). The summed E-state index contributed by atoms with van der Waals surface area (Å²) >= 11 is 7.14. The van der Waals surface area contributed by atoms with Crippen LogP contribution in [0.15, 0.2) is 53.8 Å². The summed E-state index contributed by atoms with van der Waals surface area (Å²) in [5.74, 6) is -0.340. The van der Waals surface area contributed by atoms with Gasteiger partial charge in [0.2, 0.25) is 5.91 Å². The van der Waals surface area contributed by atoms with Crippen molar-refractivity contribution in [2.45, 2.75) is 13.5 Å². The van der Waals surface area contributed by atoms with E-state index in [1.807, 2.05) is 19.1 Å². The van der Waals surface area contributed by atoms with E-state index < -0.39 is 0 Å². The highest BCUT2D eigenvalue weighted by molar-refractivity contribution is 7.13. The van der Waals surface area contributed by atoms with E-state index in [4.69, 9.17) is 11.6 Å². The van der Waals surface area contributed by atoms with Crippen LogP contribution < -0.4 is 10.9 Å². The number of benzene rings is 1. The fraction of sp³-hybridized carbons (Fsp3) is 0.105. The molecule has 0 aliphatic carbocycles. The Hall–Kier alpha value is -3.10. The Kier molecular flexibility index (Phi) is 4.89. The third-order valence-electron chi connectivity index (χ3n) is 4.26. The van der Waals surface area contributed by atoms with Gasteiger partial charge < -0.3 is 5.32 Å². The Balaban J connectivity index is 1.61. The van der Waals surface area contributed by atoms with E-state index in [0.29, 0.717) is 26.6 Å². The summed E-state index contributed by atoms with van der Waals surface area (Å²) in [5.41, 5.74) is 3.05. The topological polar surface area (TPSA) is 89.8 Å². The second kappa shape index (κ2) is 7.49. The van der Waals surface area contributed by atoms with Crippen molar-refractivity contribution < 1.29 is 4.79 Å². The third-order valence-corrected chi connectivity index (χ3v) is 5.49. The maximum atomic E-state index is 12.8. The monoisotopic (exact) mass is 411 g/mol. The Labute approximate surface area is 168 Å². The van der Waals surface area contributed by atoms with E-state index in [1.165, 1.54) is 10.9 Å². The van der Waals surface area contributed by atoms with Crippen molar-refractivity contribution in [3.05, 3.63) is 70.0 Å². The van der Waals surface area contributed by atoms with Crippen LogP contribution in [0.1, 0.15) is 5.56 Å². The van der Waals surface area contributed by atoms with Crippen LogP contribution in [-0.4, -0.2) is 24.8 Å². The van der Waals surface area contributed by atoms with E-state index in [2.05, 4.69) is 19.7 Å². The maximum Gasteiger partial charge on any atom is 0.273 e. The van der Waals surface area contributed by atoms with Crippen LogP contribution in [0.4, 0.5) is 5.69 Å². The molecule has 0 spiro atoms. The highest BCUT2D eigenvalue weighted by Crippen LogP contribution is 2.26. The molecule has 3 heterocycles. The number of rotatable bonds is 4. The van der Waals surface area contributed by atoms with Crippen molar-refractivity contribution in [2.75, 3.05) is 5.32 Å². The van der Waals surface area contributed by atoms with Gasteiger partial charge in [0.05, 0.1) is 6.33 Å². The van der Waals surface area contributed by atoms with Crippen LogP contribution in [-0.2, 0) is 11.3 Å². The predicted molar refractivity (Wildman–Crippen MR) is 110 cm³/mol. The van der Waals surface area contributed by atoms with Crippen molar-refractivity contribution >= 4 is 44.9 Å². The number of aromatic nitrogens is 4. The first-order valence-electron chi connectivity index (χ1n) is 8.35. The number of fused-ring (bicyclic) bond motifs is 1. The number of hydrogen-bond acceptors (Lipinski definition) is 6. The summed E-state index contributed by atoms with van der Waals surface area (Å²) in [6.07, 6.45) is 4.68. The van der Waals surface area contributed by atoms with Crippen molar-refractivity contribution in [1.82, 2.24) is 18.9 Å². The molecule has 0 saturated heterocycles. The van der Waals surface area contributed by atoms with Crippen molar-refractivity contribution in [1.29, 1.82) is 0 Å². The molecule has 7 nitrogen and oxygen atoms in total. The molecule has 0 aliphatic rings. The van der Waals surface area contributed by atoms with Crippen molar-refractivity contribution in [3.63, 3.8) is 0 Å². The minimum atomic E-state index is -0.340. The van der Waals surface area contributed by atoms with Gasteiger partial charge in [-0.2, -0.15) is 4.37 Å². The lowest BCUT2D eigenvalue weighted by atomic mass is 10.2.